The van der Waals surface area contributed by atoms with Crippen molar-refractivity contribution in [1.82, 2.24) is 0 Å². The summed E-state index contributed by atoms with van der Waals surface area (Å²) in [4.78, 5) is 23.8. The molecule has 0 aliphatic heterocycles. The zero-order valence-electron chi connectivity index (χ0n) is 16.2. The largest absolute Gasteiger partial charge is 0.478 e. The van der Waals surface area contributed by atoms with Crippen molar-refractivity contribution in [3.05, 3.63) is 81.6 Å². The van der Waals surface area contributed by atoms with Crippen LogP contribution >= 0.6 is 11.6 Å². The number of benzene rings is 2. The Balaban J connectivity index is 1.88. The van der Waals surface area contributed by atoms with Crippen LogP contribution in [0.2, 0.25) is 5.02 Å². The molecule has 1 heterocycles. The monoisotopic (exact) mass is 420 g/mol. The van der Waals surface area contributed by atoms with E-state index in [0.29, 0.717) is 38.9 Å². The molecule has 30 heavy (non-hydrogen) atoms. The van der Waals surface area contributed by atoms with Crippen molar-refractivity contribution in [2.24, 2.45) is 0 Å². The van der Waals surface area contributed by atoms with Gasteiger partial charge >= 0.3 is 5.97 Å². The van der Waals surface area contributed by atoms with E-state index in [9.17, 15) is 20.0 Å². The summed E-state index contributed by atoms with van der Waals surface area (Å²) in [5.41, 5.74) is 2.41. The number of hydrogen-bond acceptors (Lipinski definition) is 4. The summed E-state index contributed by atoms with van der Waals surface area (Å²) in [6.45, 7) is 3.46. The summed E-state index contributed by atoms with van der Waals surface area (Å²) < 4.78 is 5.74. The third kappa shape index (κ3) is 4.27. The van der Waals surface area contributed by atoms with Crippen molar-refractivity contribution in [1.29, 1.82) is 5.26 Å². The molecule has 1 amide bonds. The molecule has 150 valence electrons. The number of carbonyl (C=O) groups excluding carboxylic acids is 1. The summed E-state index contributed by atoms with van der Waals surface area (Å²) >= 11 is 6.06. The molecular weight excluding hydrogens is 404 g/mol. The number of halogens is 1. The molecule has 2 aromatic carbocycles. The molecule has 7 heteroatoms. The van der Waals surface area contributed by atoms with Crippen molar-refractivity contribution in [2.75, 3.05) is 5.32 Å². The number of aromatic carboxylic acids is 1. The number of amides is 1. The van der Waals surface area contributed by atoms with Gasteiger partial charge in [0.15, 0.2) is 0 Å². The van der Waals surface area contributed by atoms with Gasteiger partial charge in [-0.25, -0.2) is 4.79 Å². The lowest BCUT2D eigenvalue weighted by Crippen LogP contribution is -2.14. The fourth-order valence-corrected chi connectivity index (χ4v) is 3.11. The van der Waals surface area contributed by atoms with Crippen LogP contribution in [0.15, 0.2) is 58.5 Å². The van der Waals surface area contributed by atoms with Crippen LogP contribution in [-0.4, -0.2) is 17.0 Å². The Morgan fingerprint density at radius 2 is 1.83 bits per heavy atom. The number of anilines is 1. The molecule has 0 aliphatic carbocycles. The van der Waals surface area contributed by atoms with E-state index in [4.69, 9.17) is 16.0 Å². The highest BCUT2D eigenvalue weighted by Gasteiger charge is 2.16. The van der Waals surface area contributed by atoms with Gasteiger partial charge in [0, 0.05) is 22.3 Å². The Morgan fingerprint density at radius 1 is 1.10 bits per heavy atom. The Hall–Kier alpha value is -3.82. The topological polar surface area (TPSA) is 103 Å². The maximum atomic E-state index is 12.5. The minimum absolute atomic E-state index is 0.147. The number of furan rings is 1. The zero-order chi connectivity index (χ0) is 21.8. The fraction of sp³-hybridized carbons (Fsp3) is 0.0870. The molecule has 0 saturated carbocycles. The number of rotatable bonds is 5. The first-order valence-electron chi connectivity index (χ1n) is 8.93. The van der Waals surface area contributed by atoms with E-state index in [0.717, 1.165) is 0 Å². The van der Waals surface area contributed by atoms with Crippen LogP contribution in [0, 0.1) is 25.2 Å². The number of carboxylic acids is 1. The van der Waals surface area contributed by atoms with E-state index < -0.39 is 11.9 Å². The average molecular weight is 421 g/mol. The maximum Gasteiger partial charge on any atom is 0.335 e. The molecule has 6 nitrogen and oxygen atoms in total. The van der Waals surface area contributed by atoms with Gasteiger partial charge in [-0.3, -0.25) is 4.79 Å². The molecule has 0 aliphatic rings. The van der Waals surface area contributed by atoms with Gasteiger partial charge in [0.05, 0.1) is 5.56 Å². The average Bonchev–Trinajstić information content (AvgIpc) is 3.17. The molecular formula is C23H17ClN2O4. The van der Waals surface area contributed by atoms with Gasteiger partial charge in [-0.1, -0.05) is 29.8 Å². The van der Waals surface area contributed by atoms with Crippen molar-refractivity contribution in [3.63, 3.8) is 0 Å². The van der Waals surface area contributed by atoms with Crippen LogP contribution in [0.3, 0.4) is 0 Å². The molecule has 0 saturated heterocycles. The standard InChI is InChI=1S/C23H17ClN2O4/c1-13-17(5-3-6-18(13)23(28)29)21-10-9-16(30-21)11-15(12-25)22(27)26-20-8-4-7-19(24)14(20)2/h3-11H,1-2H3,(H,26,27)(H,28,29)/b15-11+. The minimum atomic E-state index is -1.03. The molecule has 0 bridgehead atoms. The van der Waals surface area contributed by atoms with Gasteiger partial charge < -0.3 is 14.8 Å². The summed E-state index contributed by atoms with van der Waals surface area (Å²) in [6, 6.07) is 15.1. The van der Waals surface area contributed by atoms with Gasteiger partial charge in [-0.05, 0) is 55.3 Å². The maximum absolute atomic E-state index is 12.5. The third-order valence-corrected chi connectivity index (χ3v) is 5.03. The van der Waals surface area contributed by atoms with Crippen molar-refractivity contribution in [2.45, 2.75) is 13.8 Å². The number of nitriles is 1. The molecule has 0 fully saturated rings. The van der Waals surface area contributed by atoms with E-state index in [1.54, 1.807) is 56.3 Å². The quantitative estimate of drug-likeness (QED) is 0.421. The number of carboxylic acid groups (broad SMARTS) is 1. The van der Waals surface area contributed by atoms with Gasteiger partial charge in [0.1, 0.15) is 23.2 Å². The molecule has 3 aromatic rings. The number of nitrogens with zero attached hydrogens (tertiary/aromatic N) is 1. The third-order valence-electron chi connectivity index (χ3n) is 4.62. The molecule has 0 radical (unpaired) electrons. The predicted molar refractivity (Wildman–Crippen MR) is 114 cm³/mol. The van der Waals surface area contributed by atoms with Gasteiger partial charge in [0.2, 0.25) is 0 Å². The second-order valence-electron chi connectivity index (χ2n) is 6.52. The molecule has 0 unspecified atom stereocenters. The lowest BCUT2D eigenvalue weighted by Gasteiger charge is -2.08. The van der Waals surface area contributed by atoms with Crippen molar-refractivity contribution < 1.29 is 19.1 Å². The van der Waals surface area contributed by atoms with Gasteiger partial charge in [-0.15, -0.1) is 0 Å². The Bertz CT molecular complexity index is 1220. The van der Waals surface area contributed by atoms with Crippen LogP contribution in [0.25, 0.3) is 17.4 Å². The first-order valence-corrected chi connectivity index (χ1v) is 9.31. The Morgan fingerprint density at radius 3 is 2.53 bits per heavy atom. The fourth-order valence-electron chi connectivity index (χ4n) is 2.93. The first kappa shape index (κ1) is 20.9. The molecule has 0 atom stereocenters. The first-order chi connectivity index (χ1) is 14.3. The minimum Gasteiger partial charge on any atom is -0.478 e. The highest BCUT2D eigenvalue weighted by Crippen LogP contribution is 2.29. The number of hydrogen-bond donors (Lipinski definition) is 2. The Kier molecular flexibility index (Phi) is 6.05. The van der Waals surface area contributed by atoms with Crippen LogP contribution in [0.4, 0.5) is 5.69 Å². The van der Waals surface area contributed by atoms with Crippen LogP contribution in [-0.2, 0) is 4.79 Å². The second kappa shape index (κ2) is 8.68. The highest BCUT2D eigenvalue weighted by molar-refractivity contribution is 6.31. The molecule has 1 aromatic heterocycles. The normalized spacial score (nSPS) is 11.1. The number of carbonyl (C=O) groups is 2. The summed E-state index contributed by atoms with van der Waals surface area (Å²) in [6.07, 6.45) is 1.33. The lowest BCUT2D eigenvalue weighted by atomic mass is 10.0. The van der Waals surface area contributed by atoms with E-state index in [1.807, 2.05) is 6.07 Å². The van der Waals surface area contributed by atoms with E-state index >= 15 is 0 Å². The SMILES string of the molecule is Cc1c(Cl)cccc1NC(=O)/C(C#N)=C/c1ccc(-c2cccc(C(=O)O)c2C)o1. The van der Waals surface area contributed by atoms with Crippen molar-refractivity contribution >= 4 is 35.2 Å². The predicted octanol–water partition coefficient (Wildman–Crippen LogP) is 5.46. The summed E-state index contributed by atoms with van der Waals surface area (Å²) in [5.74, 6) is -0.893. The highest BCUT2D eigenvalue weighted by atomic mass is 35.5. The Labute approximate surface area is 178 Å². The second-order valence-corrected chi connectivity index (χ2v) is 6.93. The van der Waals surface area contributed by atoms with E-state index in [-0.39, 0.29) is 11.1 Å². The molecule has 0 spiro atoms. The van der Waals surface area contributed by atoms with Crippen LogP contribution in [0.5, 0.6) is 0 Å². The van der Waals surface area contributed by atoms with Gasteiger partial charge in [0.25, 0.3) is 5.91 Å². The van der Waals surface area contributed by atoms with E-state index in [2.05, 4.69) is 5.32 Å². The zero-order valence-corrected chi connectivity index (χ0v) is 16.9. The number of nitrogens with one attached hydrogen (secondary N) is 1. The lowest BCUT2D eigenvalue weighted by molar-refractivity contribution is -0.112. The molecule has 2 N–H and O–H groups in total. The smallest absolute Gasteiger partial charge is 0.335 e. The van der Waals surface area contributed by atoms with Crippen LogP contribution < -0.4 is 5.32 Å². The van der Waals surface area contributed by atoms with E-state index in [1.165, 1.54) is 12.1 Å². The van der Waals surface area contributed by atoms with Crippen LogP contribution in [0.1, 0.15) is 27.2 Å². The molecule has 3 rings (SSSR count). The van der Waals surface area contributed by atoms with Crippen molar-refractivity contribution in [3.8, 4) is 17.4 Å². The summed E-state index contributed by atoms with van der Waals surface area (Å²) in [7, 11) is 0. The summed E-state index contributed by atoms with van der Waals surface area (Å²) in [5, 5.41) is 21.9. The van der Waals surface area contributed by atoms with Gasteiger partial charge in [-0.2, -0.15) is 5.26 Å².